The lowest BCUT2D eigenvalue weighted by Gasteiger charge is -2.14. The van der Waals surface area contributed by atoms with Crippen molar-refractivity contribution in [2.75, 3.05) is 13.6 Å². The summed E-state index contributed by atoms with van der Waals surface area (Å²) < 4.78 is 1.95. The summed E-state index contributed by atoms with van der Waals surface area (Å²) in [7, 11) is 1.61. The van der Waals surface area contributed by atoms with Crippen LogP contribution in [0.2, 0.25) is 0 Å². The summed E-state index contributed by atoms with van der Waals surface area (Å²) in [4.78, 5) is 30.9. The van der Waals surface area contributed by atoms with Gasteiger partial charge in [0.05, 0.1) is 16.8 Å². The third kappa shape index (κ3) is 2.16. The zero-order valence-corrected chi connectivity index (χ0v) is 12.2. The van der Waals surface area contributed by atoms with Crippen molar-refractivity contribution >= 4 is 49.9 Å². The summed E-state index contributed by atoms with van der Waals surface area (Å²) in [5, 5.41) is 10.6. The molecule has 3 aromatic heterocycles. The average Bonchev–Trinajstić information content (AvgIpc) is 3.05. The minimum absolute atomic E-state index is 0.0544. The largest absolute Gasteiger partial charge is 0.481 e. The Kier molecular flexibility index (Phi) is 3.19. The van der Waals surface area contributed by atoms with Crippen LogP contribution >= 0.6 is 22.7 Å². The molecule has 0 atom stereocenters. The molecule has 0 aliphatic rings. The van der Waals surface area contributed by atoms with Crippen LogP contribution in [-0.2, 0) is 4.79 Å². The van der Waals surface area contributed by atoms with Crippen molar-refractivity contribution in [2.24, 2.45) is 0 Å². The van der Waals surface area contributed by atoms with E-state index in [4.69, 9.17) is 5.11 Å². The van der Waals surface area contributed by atoms with Gasteiger partial charge in [-0.2, -0.15) is 0 Å². The van der Waals surface area contributed by atoms with Crippen molar-refractivity contribution in [3.63, 3.8) is 0 Å². The highest BCUT2D eigenvalue weighted by Gasteiger charge is 2.18. The first-order valence-electron chi connectivity index (χ1n) is 5.88. The van der Waals surface area contributed by atoms with E-state index in [-0.39, 0.29) is 18.9 Å². The van der Waals surface area contributed by atoms with Crippen LogP contribution in [0.4, 0.5) is 0 Å². The molecule has 0 aliphatic carbocycles. The fraction of sp³-hybridized carbons (Fsp3) is 0.250. The van der Waals surface area contributed by atoms with Gasteiger partial charge in [-0.3, -0.25) is 14.0 Å². The Hall–Kier alpha value is -1.93. The minimum Gasteiger partial charge on any atom is -0.481 e. The van der Waals surface area contributed by atoms with Crippen molar-refractivity contribution in [3.8, 4) is 0 Å². The lowest BCUT2D eigenvalue weighted by molar-refractivity contribution is -0.137. The predicted molar refractivity (Wildman–Crippen MR) is 77.7 cm³/mol. The van der Waals surface area contributed by atoms with Gasteiger partial charge in [-0.25, -0.2) is 4.98 Å². The smallest absolute Gasteiger partial charge is 0.305 e. The van der Waals surface area contributed by atoms with Crippen LogP contribution < -0.4 is 0 Å². The lowest BCUT2D eigenvalue weighted by atomic mass is 10.3. The molecule has 0 bridgehead atoms. The molecule has 3 heterocycles. The number of aromatic nitrogens is 2. The van der Waals surface area contributed by atoms with E-state index in [1.54, 1.807) is 18.4 Å². The number of thiazole rings is 1. The predicted octanol–water partition coefficient (Wildman–Crippen LogP) is 2.16. The molecule has 0 aliphatic heterocycles. The summed E-state index contributed by atoms with van der Waals surface area (Å²) in [5.74, 6) is -1.08. The molecule has 6 nitrogen and oxygen atoms in total. The summed E-state index contributed by atoms with van der Waals surface area (Å²) in [5.41, 5.74) is 0.918. The van der Waals surface area contributed by atoms with E-state index in [9.17, 15) is 9.59 Å². The van der Waals surface area contributed by atoms with Crippen molar-refractivity contribution < 1.29 is 14.7 Å². The maximum absolute atomic E-state index is 12.2. The quantitative estimate of drug-likeness (QED) is 0.801. The number of fused-ring (bicyclic) bond motifs is 3. The average molecular weight is 309 g/mol. The zero-order chi connectivity index (χ0) is 14.3. The number of aliphatic carboxylic acids is 1. The number of hydrogen-bond donors (Lipinski definition) is 1. The number of thiophene rings is 1. The van der Waals surface area contributed by atoms with Gasteiger partial charge in [0, 0.05) is 25.2 Å². The van der Waals surface area contributed by atoms with Crippen molar-refractivity contribution in [1.29, 1.82) is 0 Å². The first-order chi connectivity index (χ1) is 9.56. The highest BCUT2D eigenvalue weighted by Crippen LogP contribution is 2.28. The van der Waals surface area contributed by atoms with E-state index in [1.165, 1.54) is 16.2 Å². The zero-order valence-electron chi connectivity index (χ0n) is 10.6. The topological polar surface area (TPSA) is 74.9 Å². The summed E-state index contributed by atoms with van der Waals surface area (Å²) in [6, 6.07) is 1.81. The van der Waals surface area contributed by atoms with Crippen LogP contribution in [0, 0.1) is 0 Å². The maximum atomic E-state index is 12.2. The van der Waals surface area contributed by atoms with Crippen LogP contribution in [0.15, 0.2) is 17.6 Å². The van der Waals surface area contributed by atoms with Gasteiger partial charge < -0.3 is 10.0 Å². The molecule has 3 aromatic rings. The molecular formula is C12H11N3O3S2. The van der Waals surface area contributed by atoms with Crippen molar-refractivity contribution in [1.82, 2.24) is 14.3 Å². The van der Waals surface area contributed by atoms with Crippen LogP contribution in [0.5, 0.6) is 0 Å². The van der Waals surface area contributed by atoms with Gasteiger partial charge in [0.2, 0.25) is 0 Å². The molecule has 0 fully saturated rings. The Labute approximate surface area is 121 Å². The normalized spacial score (nSPS) is 11.2. The number of carboxylic acid groups (broad SMARTS) is 1. The standard InChI is InChI=1S/C12H11N3O3S2/c1-14(3-2-9(16)17)11(18)8-6-7-10(20-8)13-12-15(7)4-5-19-12/h4-6H,2-3H2,1H3,(H,16,17). The van der Waals surface area contributed by atoms with Gasteiger partial charge in [0.15, 0.2) is 4.96 Å². The molecule has 1 N–H and O–H groups in total. The molecule has 104 valence electrons. The number of rotatable bonds is 4. The fourth-order valence-corrected chi connectivity index (χ4v) is 3.70. The summed E-state index contributed by atoms with van der Waals surface area (Å²) in [6.45, 7) is 0.199. The van der Waals surface area contributed by atoms with Gasteiger partial charge >= 0.3 is 5.97 Å². The van der Waals surface area contributed by atoms with E-state index >= 15 is 0 Å². The first kappa shape index (κ1) is 13.1. The molecule has 8 heteroatoms. The first-order valence-corrected chi connectivity index (χ1v) is 7.58. The third-order valence-corrected chi connectivity index (χ3v) is 4.72. The number of carboxylic acids is 1. The highest BCUT2D eigenvalue weighted by atomic mass is 32.1. The Morgan fingerprint density at radius 2 is 2.30 bits per heavy atom. The monoisotopic (exact) mass is 309 g/mol. The van der Waals surface area contributed by atoms with Gasteiger partial charge in [0.25, 0.3) is 5.91 Å². The Balaban J connectivity index is 1.87. The van der Waals surface area contributed by atoms with E-state index in [0.717, 1.165) is 15.3 Å². The Bertz CT molecular complexity index is 801. The molecule has 0 saturated heterocycles. The lowest BCUT2D eigenvalue weighted by Crippen LogP contribution is -2.28. The summed E-state index contributed by atoms with van der Waals surface area (Å²) in [6.07, 6.45) is 1.87. The molecular weight excluding hydrogens is 298 g/mol. The van der Waals surface area contributed by atoms with Gasteiger partial charge in [0.1, 0.15) is 4.83 Å². The van der Waals surface area contributed by atoms with Crippen LogP contribution in [0.3, 0.4) is 0 Å². The van der Waals surface area contributed by atoms with Crippen LogP contribution in [0.25, 0.3) is 15.3 Å². The Morgan fingerprint density at radius 1 is 1.50 bits per heavy atom. The van der Waals surface area contributed by atoms with Crippen LogP contribution in [-0.4, -0.2) is 44.9 Å². The molecule has 0 saturated carbocycles. The molecule has 0 unspecified atom stereocenters. The fourth-order valence-electron chi connectivity index (χ4n) is 1.91. The maximum Gasteiger partial charge on any atom is 0.305 e. The van der Waals surface area contributed by atoms with E-state index in [2.05, 4.69) is 4.98 Å². The van der Waals surface area contributed by atoms with Gasteiger partial charge in [-0.15, -0.1) is 22.7 Å². The van der Waals surface area contributed by atoms with E-state index in [0.29, 0.717) is 4.88 Å². The second-order valence-electron chi connectivity index (χ2n) is 4.34. The third-order valence-electron chi connectivity index (χ3n) is 2.96. The highest BCUT2D eigenvalue weighted by molar-refractivity contribution is 7.21. The van der Waals surface area contributed by atoms with Crippen molar-refractivity contribution in [3.05, 3.63) is 22.5 Å². The number of hydrogen-bond acceptors (Lipinski definition) is 5. The second kappa shape index (κ2) is 4.88. The SMILES string of the molecule is CN(CCC(=O)O)C(=O)c1cc2c(nc3sccn32)s1. The van der Waals surface area contributed by atoms with Gasteiger partial charge in [-0.05, 0) is 6.07 Å². The second-order valence-corrected chi connectivity index (χ2v) is 6.24. The molecule has 3 rings (SSSR count). The number of amides is 1. The molecule has 0 radical (unpaired) electrons. The Morgan fingerprint density at radius 3 is 3.05 bits per heavy atom. The number of nitrogens with zero attached hydrogens (tertiary/aromatic N) is 3. The van der Waals surface area contributed by atoms with Crippen LogP contribution in [0.1, 0.15) is 16.1 Å². The van der Waals surface area contributed by atoms with Crippen molar-refractivity contribution in [2.45, 2.75) is 6.42 Å². The van der Waals surface area contributed by atoms with E-state index < -0.39 is 5.97 Å². The number of imidazole rings is 1. The van der Waals surface area contributed by atoms with E-state index in [1.807, 2.05) is 22.0 Å². The number of carbonyl (C=O) groups is 2. The molecule has 20 heavy (non-hydrogen) atoms. The molecule has 0 spiro atoms. The number of carbonyl (C=O) groups excluding carboxylic acids is 1. The van der Waals surface area contributed by atoms with Gasteiger partial charge in [-0.1, -0.05) is 0 Å². The summed E-state index contributed by atoms with van der Waals surface area (Å²) >= 11 is 2.88. The molecule has 0 aromatic carbocycles. The molecule has 1 amide bonds. The minimum atomic E-state index is -0.910.